The van der Waals surface area contributed by atoms with E-state index >= 15 is 0 Å². The molecular weight excluding hydrogens is 304 g/mol. The largest absolute Gasteiger partial charge is 0.239 e. The minimum Gasteiger partial charge on any atom is -0.239 e. The van der Waals surface area contributed by atoms with Crippen molar-refractivity contribution in [2.75, 3.05) is 0 Å². The van der Waals surface area contributed by atoms with Crippen LogP contribution in [0.1, 0.15) is 18.1 Å². The van der Waals surface area contributed by atoms with Crippen LogP contribution in [0.15, 0.2) is 78.5 Å². The van der Waals surface area contributed by atoms with Gasteiger partial charge in [0.15, 0.2) is 0 Å². The number of allylic oxidation sites excluding steroid dienone is 1. The van der Waals surface area contributed by atoms with E-state index in [-0.39, 0.29) is 0 Å². The lowest BCUT2D eigenvalue weighted by Gasteiger charge is -2.12. The van der Waals surface area contributed by atoms with Crippen LogP contribution in [0.3, 0.4) is 0 Å². The van der Waals surface area contributed by atoms with Gasteiger partial charge in [-0.2, -0.15) is 5.10 Å². The van der Waals surface area contributed by atoms with Crippen molar-refractivity contribution in [1.82, 2.24) is 9.78 Å². The van der Waals surface area contributed by atoms with E-state index in [9.17, 15) is 0 Å². The van der Waals surface area contributed by atoms with E-state index < -0.39 is 0 Å². The van der Waals surface area contributed by atoms with Gasteiger partial charge in [0.2, 0.25) is 0 Å². The van der Waals surface area contributed by atoms with Crippen LogP contribution in [-0.2, 0) is 6.42 Å². The summed E-state index contributed by atoms with van der Waals surface area (Å²) in [5.41, 5.74) is 8.76. The molecule has 0 N–H and O–H groups in total. The van der Waals surface area contributed by atoms with Gasteiger partial charge in [0.25, 0.3) is 0 Å². The van der Waals surface area contributed by atoms with Crippen LogP contribution in [0.5, 0.6) is 0 Å². The van der Waals surface area contributed by atoms with Gasteiger partial charge in [-0.05, 0) is 42.2 Å². The summed E-state index contributed by atoms with van der Waals surface area (Å²) >= 11 is 0. The Morgan fingerprint density at radius 2 is 1.68 bits per heavy atom. The Labute approximate surface area is 147 Å². The number of hydrogen-bond acceptors (Lipinski definition) is 1. The van der Waals surface area contributed by atoms with E-state index in [1.165, 1.54) is 33.2 Å². The molecule has 5 rings (SSSR count). The molecule has 0 aliphatic heterocycles. The Hall–Kier alpha value is -3.13. The molecule has 1 heterocycles. The zero-order chi connectivity index (χ0) is 16.8. The molecule has 1 aliphatic rings. The van der Waals surface area contributed by atoms with Gasteiger partial charge in [-0.15, -0.1) is 0 Å². The van der Waals surface area contributed by atoms with E-state index in [4.69, 9.17) is 5.10 Å². The first-order chi connectivity index (χ1) is 12.3. The Morgan fingerprint density at radius 1 is 0.880 bits per heavy atom. The highest BCUT2D eigenvalue weighted by Crippen LogP contribution is 2.35. The van der Waals surface area contributed by atoms with E-state index in [1.54, 1.807) is 0 Å². The van der Waals surface area contributed by atoms with Crippen LogP contribution in [0, 0.1) is 0 Å². The average molecular weight is 322 g/mol. The summed E-state index contributed by atoms with van der Waals surface area (Å²) in [6.07, 6.45) is 5.44. The van der Waals surface area contributed by atoms with Crippen molar-refractivity contribution in [1.29, 1.82) is 0 Å². The van der Waals surface area contributed by atoms with E-state index in [2.05, 4.69) is 79.9 Å². The van der Waals surface area contributed by atoms with Crippen LogP contribution in [0.4, 0.5) is 0 Å². The standard InChI is InChI=1S/C23H18N2/c1-16-11-20-13-19(17-7-3-2-4-8-17)14-23(21(20)12-16)25-15-18-9-5-6-10-22(18)24-25/h2-10,12-15H,11H2,1H3. The lowest BCUT2D eigenvalue weighted by atomic mass is 9.98. The van der Waals surface area contributed by atoms with Gasteiger partial charge in [0, 0.05) is 17.1 Å². The number of nitrogens with zero attached hydrogens (tertiary/aromatic N) is 2. The highest BCUT2D eigenvalue weighted by Gasteiger charge is 2.18. The molecule has 2 heteroatoms. The second-order valence-electron chi connectivity index (χ2n) is 6.73. The van der Waals surface area contributed by atoms with Crippen molar-refractivity contribution in [2.24, 2.45) is 0 Å². The first-order valence-electron chi connectivity index (χ1n) is 8.62. The predicted molar refractivity (Wildman–Crippen MR) is 104 cm³/mol. The summed E-state index contributed by atoms with van der Waals surface area (Å²) in [5, 5.41) is 5.97. The highest BCUT2D eigenvalue weighted by atomic mass is 15.3. The van der Waals surface area contributed by atoms with Crippen molar-refractivity contribution in [2.45, 2.75) is 13.3 Å². The molecular formula is C23H18N2. The highest BCUT2D eigenvalue weighted by molar-refractivity contribution is 5.81. The third kappa shape index (κ3) is 2.38. The molecule has 0 bridgehead atoms. The average Bonchev–Trinajstić information content (AvgIpc) is 3.23. The maximum absolute atomic E-state index is 4.81. The Kier molecular flexibility index (Phi) is 3.10. The molecule has 4 aromatic rings. The topological polar surface area (TPSA) is 17.8 Å². The molecule has 1 aromatic heterocycles. The lowest BCUT2D eigenvalue weighted by molar-refractivity contribution is 0.893. The molecule has 25 heavy (non-hydrogen) atoms. The molecule has 120 valence electrons. The van der Waals surface area contributed by atoms with Crippen LogP contribution in [0.2, 0.25) is 0 Å². The van der Waals surface area contributed by atoms with Gasteiger partial charge < -0.3 is 0 Å². The van der Waals surface area contributed by atoms with Crippen molar-refractivity contribution >= 4 is 17.0 Å². The molecule has 0 spiro atoms. The predicted octanol–water partition coefficient (Wildman–Crippen LogP) is 5.65. The second-order valence-corrected chi connectivity index (χ2v) is 6.73. The molecule has 0 saturated carbocycles. The van der Waals surface area contributed by atoms with Crippen LogP contribution < -0.4 is 0 Å². The summed E-state index contributed by atoms with van der Waals surface area (Å²) in [4.78, 5) is 0. The number of fused-ring (bicyclic) bond motifs is 2. The summed E-state index contributed by atoms with van der Waals surface area (Å²) in [7, 11) is 0. The summed E-state index contributed by atoms with van der Waals surface area (Å²) in [6.45, 7) is 2.20. The minimum absolute atomic E-state index is 1.02. The molecule has 0 radical (unpaired) electrons. The number of aromatic nitrogens is 2. The number of rotatable bonds is 2. The smallest absolute Gasteiger partial charge is 0.0927 e. The van der Waals surface area contributed by atoms with Crippen LogP contribution in [-0.4, -0.2) is 9.78 Å². The summed E-state index contributed by atoms with van der Waals surface area (Å²) < 4.78 is 2.03. The van der Waals surface area contributed by atoms with Crippen molar-refractivity contribution in [3.8, 4) is 16.8 Å². The zero-order valence-electron chi connectivity index (χ0n) is 14.1. The fourth-order valence-electron chi connectivity index (χ4n) is 3.68. The van der Waals surface area contributed by atoms with E-state index in [0.717, 1.165) is 17.6 Å². The molecule has 0 saturated heterocycles. The molecule has 0 amide bonds. The fraction of sp³-hybridized carbons (Fsp3) is 0.0870. The number of hydrogen-bond donors (Lipinski definition) is 0. The maximum Gasteiger partial charge on any atom is 0.0927 e. The lowest BCUT2D eigenvalue weighted by Crippen LogP contribution is -2.00. The van der Waals surface area contributed by atoms with Crippen molar-refractivity contribution < 1.29 is 0 Å². The third-order valence-electron chi connectivity index (χ3n) is 4.87. The maximum atomic E-state index is 4.81. The van der Waals surface area contributed by atoms with Gasteiger partial charge in [-0.3, -0.25) is 0 Å². The van der Waals surface area contributed by atoms with Gasteiger partial charge in [0.1, 0.15) is 0 Å². The van der Waals surface area contributed by atoms with Gasteiger partial charge in [-0.25, -0.2) is 4.68 Å². The van der Waals surface area contributed by atoms with Gasteiger partial charge in [0.05, 0.1) is 11.2 Å². The van der Waals surface area contributed by atoms with Crippen LogP contribution in [0.25, 0.3) is 33.8 Å². The number of benzene rings is 3. The zero-order valence-corrected chi connectivity index (χ0v) is 14.1. The van der Waals surface area contributed by atoms with Crippen LogP contribution >= 0.6 is 0 Å². The third-order valence-corrected chi connectivity index (χ3v) is 4.87. The SMILES string of the molecule is CC1=Cc2c(cc(-c3ccccc3)cc2-n2cc3ccccc3n2)C1. The Bertz CT molecular complexity index is 1080. The van der Waals surface area contributed by atoms with Crippen molar-refractivity contribution in [3.63, 3.8) is 0 Å². The second kappa shape index (κ2) is 5.45. The molecule has 1 aliphatic carbocycles. The minimum atomic E-state index is 1.02. The molecule has 0 unspecified atom stereocenters. The van der Waals surface area contributed by atoms with E-state index in [1.807, 2.05) is 10.7 Å². The molecule has 0 fully saturated rings. The molecule has 3 aromatic carbocycles. The monoisotopic (exact) mass is 322 g/mol. The first-order valence-corrected chi connectivity index (χ1v) is 8.62. The summed E-state index contributed by atoms with van der Waals surface area (Å²) in [6, 6.07) is 23.4. The fourth-order valence-corrected chi connectivity index (χ4v) is 3.68. The van der Waals surface area contributed by atoms with Gasteiger partial charge in [-0.1, -0.05) is 66.2 Å². The Balaban J connectivity index is 1.76. The quantitative estimate of drug-likeness (QED) is 0.466. The Morgan fingerprint density at radius 3 is 2.52 bits per heavy atom. The van der Waals surface area contributed by atoms with Crippen molar-refractivity contribution in [3.05, 3.63) is 89.6 Å². The van der Waals surface area contributed by atoms with E-state index in [0.29, 0.717) is 0 Å². The summed E-state index contributed by atoms with van der Waals surface area (Å²) in [5.74, 6) is 0. The molecule has 0 atom stereocenters. The van der Waals surface area contributed by atoms with Gasteiger partial charge >= 0.3 is 0 Å². The first kappa shape index (κ1) is 14.2. The normalized spacial score (nSPS) is 13.1. The molecule has 2 nitrogen and oxygen atoms in total.